The molecular weight excluding hydrogens is 222 g/mol. The van der Waals surface area contributed by atoms with Crippen LogP contribution in [0.2, 0.25) is 0 Å². The third-order valence-electron chi connectivity index (χ3n) is 2.73. The molecule has 1 saturated carbocycles. The van der Waals surface area contributed by atoms with Gasteiger partial charge in [-0.05, 0) is 18.3 Å². The Kier molecular flexibility index (Phi) is 3.23. The van der Waals surface area contributed by atoms with Crippen LogP contribution in [-0.4, -0.2) is 16.1 Å². The minimum atomic E-state index is 0.0970. The molecule has 2 rings (SSSR count). The van der Waals surface area contributed by atoms with Crippen LogP contribution in [-0.2, 0) is 11.2 Å². The molecule has 1 fully saturated rings. The summed E-state index contributed by atoms with van der Waals surface area (Å²) >= 11 is 1.48. The first-order valence-electron chi connectivity index (χ1n) is 5.69. The highest BCUT2D eigenvalue weighted by Gasteiger charge is 2.39. The number of hydrogen-bond acceptors (Lipinski definition) is 4. The lowest BCUT2D eigenvalue weighted by molar-refractivity contribution is -0.117. The number of anilines is 1. The average Bonchev–Trinajstić information content (AvgIpc) is 2.76. The molecule has 16 heavy (non-hydrogen) atoms. The number of nitrogens with one attached hydrogen (secondary N) is 1. The van der Waals surface area contributed by atoms with E-state index in [1.54, 1.807) is 0 Å². The van der Waals surface area contributed by atoms with Crippen molar-refractivity contribution in [3.8, 4) is 0 Å². The van der Waals surface area contributed by atoms with E-state index in [-0.39, 0.29) is 11.8 Å². The molecule has 1 amide bonds. The SMILES string of the molecule is CC(C)Cc1nnc(NC(=O)[C@@H]2C[C@@H]2C)s1. The number of nitrogens with zero attached hydrogens (tertiary/aromatic N) is 2. The van der Waals surface area contributed by atoms with E-state index >= 15 is 0 Å². The van der Waals surface area contributed by atoms with Gasteiger partial charge in [0.15, 0.2) is 0 Å². The fourth-order valence-corrected chi connectivity index (χ4v) is 2.58. The molecule has 0 unspecified atom stereocenters. The maximum Gasteiger partial charge on any atom is 0.229 e. The van der Waals surface area contributed by atoms with Gasteiger partial charge in [-0.15, -0.1) is 10.2 Å². The van der Waals surface area contributed by atoms with Gasteiger partial charge in [0.25, 0.3) is 0 Å². The summed E-state index contributed by atoms with van der Waals surface area (Å²) in [6, 6.07) is 0. The molecule has 0 spiro atoms. The highest BCUT2D eigenvalue weighted by molar-refractivity contribution is 7.15. The fourth-order valence-electron chi connectivity index (χ4n) is 1.62. The van der Waals surface area contributed by atoms with Crippen LogP contribution in [0.1, 0.15) is 32.2 Å². The number of hydrogen-bond donors (Lipinski definition) is 1. The maximum absolute atomic E-state index is 11.6. The van der Waals surface area contributed by atoms with E-state index < -0.39 is 0 Å². The normalized spacial score (nSPS) is 23.5. The molecule has 1 aromatic rings. The third-order valence-corrected chi connectivity index (χ3v) is 3.59. The molecule has 1 aliphatic rings. The van der Waals surface area contributed by atoms with Crippen LogP contribution in [0.15, 0.2) is 0 Å². The van der Waals surface area contributed by atoms with E-state index in [1.807, 2.05) is 0 Å². The largest absolute Gasteiger partial charge is 0.300 e. The Hall–Kier alpha value is -0.970. The van der Waals surface area contributed by atoms with Crippen molar-refractivity contribution in [1.29, 1.82) is 0 Å². The van der Waals surface area contributed by atoms with Crippen molar-refractivity contribution in [2.75, 3.05) is 5.32 Å². The molecule has 0 aromatic carbocycles. The van der Waals surface area contributed by atoms with E-state index in [0.29, 0.717) is 17.0 Å². The maximum atomic E-state index is 11.6. The topological polar surface area (TPSA) is 54.9 Å². The first kappa shape index (κ1) is 11.5. The van der Waals surface area contributed by atoms with Crippen molar-refractivity contribution in [2.45, 2.75) is 33.6 Å². The van der Waals surface area contributed by atoms with Crippen LogP contribution in [0.25, 0.3) is 0 Å². The summed E-state index contributed by atoms with van der Waals surface area (Å²) in [7, 11) is 0. The average molecular weight is 239 g/mol. The standard InChI is InChI=1S/C11H17N3OS/c1-6(2)4-9-13-14-11(16-9)12-10(15)8-5-7(8)3/h6-8H,4-5H2,1-3H3,(H,12,14,15)/t7-,8+/m0/s1. The Morgan fingerprint density at radius 1 is 1.56 bits per heavy atom. The third kappa shape index (κ3) is 2.78. The van der Waals surface area contributed by atoms with Crippen molar-refractivity contribution in [1.82, 2.24) is 10.2 Å². The molecular formula is C11H17N3OS. The second-order valence-electron chi connectivity index (χ2n) is 4.91. The smallest absolute Gasteiger partial charge is 0.229 e. The second-order valence-corrected chi connectivity index (χ2v) is 5.97. The number of aromatic nitrogens is 2. The monoisotopic (exact) mass is 239 g/mol. The van der Waals surface area contributed by atoms with Crippen LogP contribution in [0.5, 0.6) is 0 Å². The number of rotatable bonds is 4. The van der Waals surface area contributed by atoms with Gasteiger partial charge in [-0.25, -0.2) is 0 Å². The van der Waals surface area contributed by atoms with E-state index in [2.05, 4.69) is 36.3 Å². The van der Waals surface area contributed by atoms with Crippen molar-refractivity contribution >= 4 is 22.4 Å². The minimum Gasteiger partial charge on any atom is -0.300 e. The fraction of sp³-hybridized carbons (Fsp3) is 0.727. The molecule has 0 bridgehead atoms. The van der Waals surface area contributed by atoms with Gasteiger partial charge in [0, 0.05) is 12.3 Å². The molecule has 2 atom stereocenters. The van der Waals surface area contributed by atoms with Gasteiger partial charge < -0.3 is 5.32 Å². The van der Waals surface area contributed by atoms with Crippen LogP contribution in [0.3, 0.4) is 0 Å². The van der Waals surface area contributed by atoms with Gasteiger partial charge in [0.2, 0.25) is 11.0 Å². The van der Waals surface area contributed by atoms with Gasteiger partial charge in [-0.3, -0.25) is 4.79 Å². The molecule has 88 valence electrons. The number of carbonyl (C=O) groups excluding carboxylic acids is 1. The zero-order valence-electron chi connectivity index (χ0n) is 9.86. The van der Waals surface area contributed by atoms with Gasteiger partial charge in [0.05, 0.1) is 0 Å². The number of amides is 1. The molecule has 1 N–H and O–H groups in total. The summed E-state index contributed by atoms with van der Waals surface area (Å²) in [6.45, 7) is 6.38. The van der Waals surface area contributed by atoms with Crippen molar-refractivity contribution < 1.29 is 4.79 Å². The number of carbonyl (C=O) groups is 1. The first-order valence-corrected chi connectivity index (χ1v) is 6.51. The zero-order chi connectivity index (χ0) is 11.7. The summed E-state index contributed by atoms with van der Waals surface area (Å²) in [5, 5.41) is 12.5. The Morgan fingerprint density at radius 3 is 2.81 bits per heavy atom. The van der Waals surface area contributed by atoms with Gasteiger partial charge in [0.1, 0.15) is 5.01 Å². The quantitative estimate of drug-likeness (QED) is 0.877. The summed E-state index contributed by atoms with van der Waals surface area (Å²) in [5.74, 6) is 1.39. The van der Waals surface area contributed by atoms with Crippen molar-refractivity contribution in [2.24, 2.45) is 17.8 Å². The Bertz CT molecular complexity index is 388. The van der Waals surface area contributed by atoms with Crippen molar-refractivity contribution in [3.63, 3.8) is 0 Å². The molecule has 0 aliphatic heterocycles. The molecule has 5 heteroatoms. The zero-order valence-corrected chi connectivity index (χ0v) is 10.7. The molecule has 0 radical (unpaired) electrons. The van der Waals surface area contributed by atoms with Crippen LogP contribution in [0.4, 0.5) is 5.13 Å². The lowest BCUT2D eigenvalue weighted by Crippen LogP contribution is -2.14. The molecule has 1 heterocycles. The molecule has 0 saturated heterocycles. The second kappa shape index (κ2) is 4.49. The minimum absolute atomic E-state index is 0.0970. The lowest BCUT2D eigenvalue weighted by Gasteiger charge is -1.98. The first-order chi connectivity index (χ1) is 7.56. The van der Waals surface area contributed by atoms with Gasteiger partial charge in [-0.1, -0.05) is 32.1 Å². The Labute approximate surface area is 99.5 Å². The van der Waals surface area contributed by atoms with Crippen LogP contribution in [0, 0.1) is 17.8 Å². The summed E-state index contributed by atoms with van der Waals surface area (Å²) in [4.78, 5) is 11.6. The highest BCUT2D eigenvalue weighted by atomic mass is 32.1. The predicted octanol–water partition coefficient (Wildman–Crippen LogP) is 2.33. The molecule has 1 aromatic heterocycles. The van der Waals surface area contributed by atoms with Gasteiger partial charge in [-0.2, -0.15) is 0 Å². The molecule has 1 aliphatic carbocycles. The lowest BCUT2D eigenvalue weighted by atomic mass is 10.1. The van der Waals surface area contributed by atoms with Crippen molar-refractivity contribution in [3.05, 3.63) is 5.01 Å². The van der Waals surface area contributed by atoms with Crippen LogP contribution >= 0.6 is 11.3 Å². The highest BCUT2D eigenvalue weighted by Crippen LogP contribution is 2.38. The van der Waals surface area contributed by atoms with E-state index in [4.69, 9.17) is 0 Å². The van der Waals surface area contributed by atoms with Gasteiger partial charge >= 0.3 is 0 Å². The summed E-state index contributed by atoms with van der Waals surface area (Å²) < 4.78 is 0. The Morgan fingerprint density at radius 2 is 2.25 bits per heavy atom. The predicted molar refractivity (Wildman–Crippen MR) is 64.4 cm³/mol. The summed E-state index contributed by atoms with van der Waals surface area (Å²) in [5.41, 5.74) is 0. The molecule has 4 nitrogen and oxygen atoms in total. The van der Waals surface area contributed by atoms with Crippen LogP contribution < -0.4 is 5.32 Å². The van der Waals surface area contributed by atoms with E-state index in [1.165, 1.54) is 11.3 Å². The summed E-state index contributed by atoms with van der Waals surface area (Å²) in [6.07, 6.45) is 1.93. The van der Waals surface area contributed by atoms with E-state index in [9.17, 15) is 4.79 Å². The Balaban J connectivity index is 1.89. The van der Waals surface area contributed by atoms with E-state index in [0.717, 1.165) is 17.8 Å².